The third-order valence-electron chi connectivity index (χ3n) is 3.07. The van der Waals surface area contributed by atoms with Gasteiger partial charge in [0.25, 0.3) is 0 Å². The van der Waals surface area contributed by atoms with Crippen molar-refractivity contribution in [2.24, 2.45) is 0 Å². The second-order valence-electron chi connectivity index (χ2n) is 4.78. The van der Waals surface area contributed by atoms with Crippen molar-refractivity contribution in [3.63, 3.8) is 0 Å². The zero-order chi connectivity index (χ0) is 16.4. The van der Waals surface area contributed by atoms with Gasteiger partial charge in [-0.1, -0.05) is 30.3 Å². The van der Waals surface area contributed by atoms with Gasteiger partial charge in [0.2, 0.25) is 5.91 Å². The first-order valence-electron chi connectivity index (χ1n) is 7.31. The number of nitrogens with one attached hydrogen (secondary N) is 1. The molecule has 2 atom stereocenters. The Labute approximate surface area is 130 Å². The summed E-state index contributed by atoms with van der Waals surface area (Å²) in [5, 5.41) is 11.7. The first-order chi connectivity index (χ1) is 10.5. The molecule has 6 heteroatoms. The summed E-state index contributed by atoms with van der Waals surface area (Å²) in [6.45, 7) is 4.85. The van der Waals surface area contributed by atoms with E-state index in [2.05, 4.69) is 5.32 Å². The predicted molar refractivity (Wildman–Crippen MR) is 81.5 cm³/mol. The third-order valence-corrected chi connectivity index (χ3v) is 3.07. The number of carboxylic acid groups (broad SMARTS) is 1. The second-order valence-corrected chi connectivity index (χ2v) is 4.78. The van der Waals surface area contributed by atoms with Gasteiger partial charge in [0.15, 0.2) is 0 Å². The lowest BCUT2D eigenvalue weighted by Gasteiger charge is -2.20. The molecule has 2 N–H and O–H groups in total. The monoisotopic (exact) mass is 309 g/mol. The minimum Gasteiger partial charge on any atom is -0.481 e. The quantitative estimate of drug-likeness (QED) is 0.643. The summed E-state index contributed by atoms with van der Waals surface area (Å²) in [5.41, 5.74) is 0.750. The van der Waals surface area contributed by atoms with E-state index in [0.717, 1.165) is 5.56 Å². The van der Waals surface area contributed by atoms with Gasteiger partial charge in [0.05, 0.1) is 25.7 Å². The lowest BCUT2D eigenvalue weighted by Crippen LogP contribution is -2.38. The predicted octanol–water partition coefficient (Wildman–Crippen LogP) is 1.76. The zero-order valence-corrected chi connectivity index (χ0v) is 13.0. The number of carboxylic acids is 1. The fourth-order valence-corrected chi connectivity index (χ4v) is 1.91. The smallest absolute Gasteiger partial charge is 0.305 e. The average Bonchev–Trinajstić information content (AvgIpc) is 2.51. The molecule has 22 heavy (non-hydrogen) atoms. The maximum absolute atomic E-state index is 12.1. The number of rotatable bonds is 10. The first kappa shape index (κ1) is 18.1. The molecule has 122 valence electrons. The Morgan fingerprint density at radius 1 is 1.23 bits per heavy atom. The molecule has 1 aromatic rings. The summed E-state index contributed by atoms with van der Waals surface area (Å²) in [4.78, 5) is 23.1. The van der Waals surface area contributed by atoms with Crippen molar-refractivity contribution in [1.29, 1.82) is 0 Å². The van der Waals surface area contributed by atoms with E-state index in [1.807, 2.05) is 13.0 Å². The van der Waals surface area contributed by atoms with E-state index in [0.29, 0.717) is 19.8 Å². The van der Waals surface area contributed by atoms with E-state index < -0.39 is 18.1 Å². The summed E-state index contributed by atoms with van der Waals surface area (Å²) in [5.74, 6) is -1.31. The Morgan fingerprint density at radius 3 is 2.50 bits per heavy atom. The van der Waals surface area contributed by atoms with Crippen LogP contribution in [0.5, 0.6) is 0 Å². The number of benzene rings is 1. The summed E-state index contributed by atoms with van der Waals surface area (Å²) in [6.07, 6.45) is -0.845. The zero-order valence-electron chi connectivity index (χ0n) is 13.0. The van der Waals surface area contributed by atoms with Crippen LogP contribution < -0.4 is 5.32 Å². The lowest BCUT2D eigenvalue weighted by atomic mass is 10.0. The number of amides is 1. The van der Waals surface area contributed by atoms with Crippen LogP contribution in [0.3, 0.4) is 0 Å². The van der Waals surface area contributed by atoms with Crippen molar-refractivity contribution in [1.82, 2.24) is 5.32 Å². The van der Waals surface area contributed by atoms with E-state index >= 15 is 0 Å². The van der Waals surface area contributed by atoms with Crippen LogP contribution >= 0.6 is 0 Å². The minimum atomic E-state index is -0.973. The van der Waals surface area contributed by atoms with Gasteiger partial charge in [-0.25, -0.2) is 0 Å². The Morgan fingerprint density at radius 2 is 1.91 bits per heavy atom. The molecule has 0 spiro atoms. The fourth-order valence-electron chi connectivity index (χ4n) is 1.91. The van der Waals surface area contributed by atoms with Gasteiger partial charge in [-0.15, -0.1) is 0 Å². The molecule has 0 aromatic heterocycles. The number of aliphatic carboxylic acids is 1. The number of carbonyl (C=O) groups excluding carboxylic acids is 1. The molecular formula is C16H23NO5. The van der Waals surface area contributed by atoms with Crippen molar-refractivity contribution in [2.45, 2.75) is 32.4 Å². The topological polar surface area (TPSA) is 84.9 Å². The number of hydrogen-bond acceptors (Lipinski definition) is 4. The summed E-state index contributed by atoms with van der Waals surface area (Å²) in [7, 11) is 0. The highest BCUT2D eigenvalue weighted by atomic mass is 16.5. The summed E-state index contributed by atoms with van der Waals surface area (Å²) >= 11 is 0. The molecule has 0 bridgehead atoms. The molecule has 0 aliphatic carbocycles. The second kappa shape index (κ2) is 9.92. The molecule has 0 heterocycles. The highest BCUT2D eigenvalue weighted by Crippen LogP contribution is 2.16. The molecule has 1 amide bonds. The van der Waals surface area contributed by atoms with Crippen LogP contribution in [0, 0.1) is 0 Å². The SMILES string of the molecule is CCOCCOC(C)C(=O)NC(CC(=O)O)c1ccccc1. The average molecular weight is 309 g/mol. The van der Waals surface area contributed by atoms with Crippen LogP contribution in [-0.2, 0) is 19.1 Å². The van der Waals surface area contributed by atoms with Crippen LogP contribution in [0.4, 0.5) is 0 Å². The number of ether oxygens (including phenoxy) is 2. The largest absolute Gasteiger partial charge is 0.481 e. The van der Waals surface area contributed by atoms with Gasteiger partial charge in [0, 0.05) is 6.61 Å². The van der Waals surface area contributed by atoms with Crippen LogP contribution in [-0.4, -0.2) is 42.9 Å². The Balaban J connectivity index is 2.57. The van der Waals surface area contributed by atoms with Crippen LogP contribution in [0.15, 0.2) is 30.3 Å². The fraction of sp³-hybridized carbons (Fsp3) is 0.500. The van der Waals surface area contributed by atoms with Crippen molar-refractivity contribution < 1.29 is 24.2 Å². The van der Waals surface area contributed by atoms with Crippen LogP contribution in [0.25, 0.3) is 0 Å². The van der Waals surface area contributed by atoms with E-state index in [-0.39, 0.29) is 12.3 Å². The molecule has 1 aromatic carbocycles. The van der Waals surface area contributed by atoms with Crippen LogP contribution in [0.2, 0.25) is 0 Å². The molecule has 1 rings (SSSR count). The highest BCUT2D eigenvalue weighted by molar-refractivity contribution is 5.81. The highest BCUT2D eigenvalue weighted by Gasteiger charge is 2.21. The maximum atomic E-state index is 12.1. The van der Waals surface area contributed by atoms with Gasteiger partial charge in [0.1, 0.15) is 6.10 Å². The van der Waals surface area contributed by atoms with Crippen molar-refractivity contribution in [3.05, 3.63) is 35.9 Å². The van der Waals surface area contributed by atoms with Crippen molar-refractivity contribution in [2.75, 3.05) is 19.8 Å². The lowest BCUT2D eigenvalue weighted by molar-refractivity contribution is -0.138. The Hall–Kier alpha value is -1.92. The van der Waals surface area contributed by atoms with Gasteiger partial charge >= 0.3 is 5.97 Å². The molecule has 0 saturated heterocycles. The first-order valence-corrected chi connectivity index (χ1v) is 7.31. The molecule has 0 radical (unpaired) electrons. The van der Waals surface area contributed by atoms with Crippen LogP contribution in [0.1, 0.15) is 31.9 Å². The van der Waals surface area contributed by atoms with Gasteiger partial charge in [-0.05, 0) is 19.4 Å². The molecule has 6 nitrogen and oxygen atoms in total. The summed E-state index contributed by atoms with van der Waals surface area (Å²) < 4.78 is 10.5. The van der Waals surface area contributed by atoms with Gasteiger partial charge in [-0.2, -0.15) is 0 Å². The van der Waals surface area contributed by atoms with E-state index in [1.54, 1.807) is 31.2 Å². The third kappa shape index (κ3) is 6.69. The summed E-state index contributed by atoms with van der Waals surface area (Å²) in [6, 6.07) is 8.44. The van der Waals surface area contributed by atoms with Crippen molar-refractivity contribution >= 4 is 11.9 Å². The number of carbonyl (C=O) groups is 2. The van der Waals surface area contributed by atoms with Gasteiger partial charge < -0.3 is 19.9 Å². The standard InChI is InChI=1S/C16H23NO5/c1-3-21-9-10-22-12(2)16(20)17-14(11-15(18)19)13-7-5-4-6-8-13/h4-8,12,14H,3,9-11H2,1-2H3,(H,17,20)(H,18,19). The van der Waals surface area contributed by atoms with E-state index in [9.17, 15) is 9.59 Å². The van der Waals surface area contributed by atoms with E-state index in [4.69, 9.17) is 14.6 Å². The Bertz CT molecular complexity index is 463. The molecule has 0 fully saturated rings. The maximum Gasteiger partial charge on any atom is 0.305 e. The molecule has 2 unspecified atom stereocenters. The molecule has 0 aliphatic rings. The minimum absolute atomic E-state index is 0.179. The van der Waals surface area contributed by atoms with Gasteiger partial charge in [-0.3, -0.25) is 9.59 Å². The van der Waals surface area contributed by atoms with E-state index in [1.165, 1.54) is 0 Å². The molecule has 0 saturated carbocycles. The molecular weight excluding hydrogens is 286 g/mol. The van der Waals surface area contributed by atoms with Crippen molar-refractivity contribution in [3.8, 4) is 0 Å². The normalized spacial score (nSPS) is 13.4. The Kier molecular flexibility index (Phi) is 8.17. The molecule has 0 aliphatic heterocycles. The number of hydrogen-bond donors (Lipinski definition) is 2.